The number of fused-ring (bicyclic) bond motifs is 1. The van der Waals surface area contributed by atoms with E-state index in [1.54, 1.807) is 12.3 Å². The zero-order valence-electron chi connectivity index (χ0n) is 10.9. The number of hydrogen-bond donors (Lipinski definition) is 1. The lowest BCUT2D eigenvalue weighted by Gasteiger charge is -2.26. The Hall–Kier alpha value is -2.63. The second-order valence-corrected chi connectivity index (χ2v) is 4.77. The number of nitrogens with one attached hydrogen (secondary N) is 1. The van der Waals surface area contributed by atoms with Gasteiger partial charge in [0.05, 0.1) is 0 Å². The van der Waals surface area contributed by atoms with Crippen LogP contribution in [0.4, 0.5) is 10.5 Å². The number of imide groups is 1. The second kappa shape index (κ2) is 4.48. The molecule has 3 amide bonds. The molecular formula is C14H13N3O3. The van der Waals surface area contributed by atoms with Crippen LogP contribution in [0.2, 0.25) is 0 Å². The Balaban J connectivity index is 2.06. The summed E-state index contributed by atoms with van der Waals surface area (Å²) in [4.78, 5) is 35.6. The zero-order valence-corrected chi connectivity index (χ0v) is 10.9. The van der Waals surface area contributed by atoms with E-state index < -0.39 is 6.03 Å². The van der Waals surface area contributed by atoms with Crippen LogP contribution in [0.1, 0.15) is 16.8 Å². The first kappa shape index (κ1) is 12.4. The molecule has 6 nitrogen and oxygen atoms in total. The van der Waals surface area contributed by atoms with Gasteiger partial charge in [-0.1, -0.05) is 0 Å². The van der Waals surface area contributed by atoms with Crippen molar-refractivity contribution in [2.75, 3.05) is 11.4 Å². The average molecular weight is 271 g/mol. The summed E-state index contributed by atoms with van der Waals surface area (Å²) >= 11 is 0. The van der Waals surface area contributed by atoms with Gasteiger partial charge in [-0.3, -0.25) is 19.8 Å². The summed E-state index contributed by atoms with van der Waals surface area (Å²) in [5.74, 6) is -0.263. The van der Waals surface area contributed by atoms with Crippen LogP contribution in [0.25, 0.3) is 10.9 Å². The molecule has 0 radical (unpaired) electrons. The van der Waals surface area contributed by atoms with Crippen molar-refractivity contribution in [1.29, 1.82) is 0 Å². The molecule has 1 aromatic carbocycles. The Morgan fingerprint density at radius 1 is 1.30 bits per heavy atom. The van der Waals surface area contributed by atoms with E-state index in [-0.39, 0.29) is 12.3 Å². The molecule has 0 bridgehead atoms. The molecule has 0 aliphatic carbocycles. The van der Waals surface area contributed by atoms with E-state index in [4.69, 9.17) is 0 Å². The van der Waals surface area contributed by atoms with Crippen LogP contribution in [0, 0.1) is 0 Å². The van der Waals surface area contributed by atoms with Gasteiger partial charge in [0.25, 0.3) is 0 Å². The number of urea groups is 1. The molecule has 2 heterocycles. The molecule has 1 fully saturated rings. The summed E-state index contributed by atoms with van der Waals surface area (Å²) in [5, 5.41) is 3.08. The largest absolute Gasteiger partial charge is 0.350 e. The van der Waals surface area contributed by atoms with Gasteiger partial charge in [-0.25, -0.2) is 4.79 Å². The number of rotatable bonds is 2. The van der Waals surface area contributed by atoms with Gasteiger partial charge >= 0.3 is 6.03 Å². The molecule has 1 aliphatic rings. The van der Waals surface area contributed by atoms with Crippen molar-refractivity contribution in [3.8, 4) is 0 Å². The number of aryl methyl sites for hydroxylation is 1. The number of anilines is 1. The van der Waals surface area contributed by atoms with Gasteiger partial charge in [-0.2, -0.15) is 0 Å². The number of carbonyl (C=O) groups excluding carboxylic acids is 3. The van der Waals surface area contributed by atoms with E-state index in [2.05, 4.69) is 5.32 Å². The topological polar surface area (TPSA) is 71.4 Å². The van der Waals surface area contributed by atoms with Gasteiger partial charge in [0.1, 0.15) is 0 Å². The van der Waals surface area contributed by atoms with Gasteiger partial charge in [0.15, 0.2) is 6.29 Å². The third-order valence-electron chi connectivity index (χ3n) is 3.50. The molecule has 1 saturated heterocycles. The number of aldehydes is 1. The molecule has 0 saturated carbocycles. The van der Waals surface area contributed by atoms with Gasteiger partial charge in [-0.15, -0.1) is 0 Å². The Labute approximate surface area is 115 Å². The first-order chi connectivity index (χ1) is 9.60. The molecule has 0 unspecified atom stereocenters. The van der Waals surface area contributed by atoms with E-state index in [9.17, 15) is 14.4 Å². The third kappa shape index (κ3) is 1.85. The molecule has 2 aromatic rings. The lowest BCUT2D eigenvalue weighted by molar-refractivity contribution is -0.120. The normalized spacial score (nSPS) is 15.6. The molecule has 0 atom stereocenters. The molecule has 20 heavy (non-hydrogen) atoms. The van der Waals surface area contributed by atoms with Crippen molar-refractivity contribution < 1.29 is 14.4 Å². The highest BCUT2D eigenvalue weighted by molar-refractivity contribution is 6.07. The monoisotopic (exact) mass is 271 g/mol. The number of carbonyl (C=O) groups is 3. The number of hydrogen-bond acceptors (Lipinski definition) is 3. The minimum absolute atomic E-state index is 0.263. The number of nitrogens with zero attached hydrogens (tertiary/aromatic N) is 2. The Morgan fingerprint density at radius 2 is 2.10 bits per heavy atom. The molecule has 6 heteroatoms. The summed E-state index contributed by atoms with van der Waals surface area (Å²) in [5.41, 5.74) is 2.18. The minimum atomic E-state index is -0.427. The van der Waals surface area contributed by atoms with E-state index in [1.807, 2.05) is 23.7 Å². The van der Waals surface area contributed by atoms with Crippen LogP contribution in [0.5, 0.6) is 0 Å². The van der Waals surface area contributed by atoms with E-state index >= 15 is 0 Å². The SMILES string of the molecule is Cn1cc(C=O)c2cc(N3CCC(=O)NC3=O)ccc21. The van der Waals surface area contributed by atoms with E-state index in [0.717, 1.165) is 17.2 Å². The highest BCUT2D eigenvalue weighted by Gasteiger charge is 2.24. The molecule has 3 rings (SSSR count). The fraction of sp³-hybridized carbons (Fsp3) is 0.214. The minimum Gasteiger partial charge on any atom is -0.350 e. The first-order valence-electron chi connectivity index (χ1n) is 6.26. The molecule has 1 aliphatic heterocycles. The molecule has 102 valence electrons. The summed E-state index contributed by atoms with van der Waals surface area (Å²) in [6.45, 7) is 0.347. The Kier molecular flexibility index (Phi) is 2.78. The van der Waals surface area contributed by atoms with Gasteiger partial charge < -0.3 is 4.57 Å². The Morgan fingerprint density at radius 3 is 2.80 bits per heavy atom. The van der Waals surface area contributed by atoms with Crippen LogP contribution in [-0.2, 0) is 11.8 Å². The van der Waals surface area contributed by atoms with E-state index in [1.165, 1.54) is 4.90 Å². The molecule has 1 aromatic heterocycles. The smallest absolute Gasteiger partial charge is 0.328 e. The van der Waals surface area contributed by atoms with Crippen molar-refractivity contribution in [3.05, 3.63) is 30.0 Å². The average Bonchev–Trinajstić information content (AvgIpc) is 2.75. The molecule has 1 N–H and O–H groups in total. The van der Waals surface area contributed by atoms with Crippen molar-refractivity contribution >= 4 is 34.8 Å². The zero-order chi connectivity index (χ0) is 14.3. The fourth-order valence-corrected chi connectivity index (χ4v) is 2.48. The summed E-state index contributed by atoms with van der Waals surface area (Å²) in [6.07, 6.45) is 2.83. The van der Waals surface area contributed by atoms with Gasteiger partial charge in [0, 0.05) is 48.4 Å². The lowest BCUT2D eigenvalue weighted by atomic mass is 10.1. The van der Waals surface area contributed by atoms with Crippen LogP contribution < -0.4 is 10.2 Å². The maximum Gasteiger partial charge on any atom is 0.328 e. The Bertz CT molecular complexity index is 733. The maximum absolute atomic E-state index is 11.8. The number of aromatic nitrogens is 1. The quantitative estimate of drug-likeness (QED) is 0.840. The third-order valence-corrected chi connectivity index (χ3v) is 3.50. The van der Waals surface area contributed by atoms with Gasteiger partial charge in [-0.05, 0) is 18.2 Å². The van der Waals surface area contributed by atoms with Crippen LogP contribution in [0.15, 0.2) is 24.4 Å². The number of amides is 3. The molecular weight excluding hydrogens is 258 g/mol. The van der Waals surface area contributed by atoms with Crippen molar-refractivity contribution in [3.63, 3.8) is 0 Å². The second-order valence-electron chi connectivity index (χ2n) is 4.77. The van der Waals surface area contributed by atoms with Crippen molar-refractivity contribution in [2.24, 2.45) is 7.05 Å². The summed E-state index contributed by atoms with van der Waals surface area (Å²) < 4.78 is 1.86. The van der Waals surface area contributed by atoms with Crippen LogP contribution in [0.3, 0.4) is 0 Å². The summed E-state index contributed by atoms with van der Waals surface area (Å²) in [6, 6.07) is 5.05. The van der Waals surface area contributed by atoms with Crippen molar-refractivity contribution in [2.45, 2.75) is 6.42 Å². The van der Waals surface area contributed by atoms with Crippen molar-refractivity contribution in [1.82, 2.24) is 9.88 Å². The standard InChI is InChI=1S/C14H13N3O3/c1-16-7-9(8-18)11-6-10(2-3-12(11)16)17-5-4-13(19)15-14(17)20/h2-3,6-8H,4-5H2,1H3,(H,15,19,20). The van der Waals surface area contributed by atoms with E-state index in [0.29, 0.717) is 17.8 Å². The number of benzene rings is 1. The molecule has 0 spiro atoms. The predicted molar refractivity (Wildman–Crippen MR) is 73.8 cm³/mol. The highest BCUT2D eigenvalue weighted by Crippen LogP contribution is 2.26. The fourth-order valence-electron chi connectivity index (χ4n) is 2.48. The highest BCUT2D eigenvalue weighted by atomic mass is 16.2. The summed E-state index contributed by atoms with van der Waals surface area (Å²) in [7, 11) is 1.86. The first-order valence-corrected chi connectivity index (χ1v) is 6.26. The van der Waals surface area contributed by atoms with Crippen LogP contribution in [-0.4, -0.2) is 29.3 Å². The maximum atomic E-state index is 11.8. The van der Waals surface area contributed by atoms with Gasteiger partial charge in [0.2, 0.25) is 5.91 Å². The van der Waals surface area contributed by atoms with Crippen LogP contribution >= 0.6 is 0 Å². The lowest BCUT2D eigenvalue weighted by Crippen LogP contribution is -2.49. The predicted octanol–water partition coefficient (Wildman–Crippen LogP) is 1.44.